The van der Waals surface area contributed by atoms with Gasteiger partial charge in [0.2, 0.25) is 11.8 Å². The maximum atomic E-state index is 12.9. The summed E-state index contributed by atoms with van der Waals surface area (Å²) in [4.78, 5) is 38.8. The van der Waals surface area contributed by atoms with Crippen LogP contribution in [0, 0.1) is 11.3 Å². The number of hydrogen-bond donors (Lipinski definition) is 1. The molecule has 1 heterocycles. The molecule has 0 spiro atoms. The minimum atomic E-state index is -1.06. The topological polar surface area (TPSA) is 83.9 Å². The molecule has 0 aromatic heterocycles. The van der Waals surface area contributed by atoms with Crippen LogP contribution in [0.4, 0.5) is 0 Å². The summed E-state index contributed by atoms with van der Waals surface area (Å²) >= 11 is 0. The van der Waals surface area contributed by atoms with Crippen LogP contribution in [0.5, 0.6) is 0 Å². The van der Waals surface area contributed by atoms with Gasteiger partial charge in [-0.1, -0.05) is 51.1 Å². The summed E-state index contributed by atoms with van der Waals surface area (Å²) in [5, 5.41) is 10.5. The van der Waals surface area contributed by atoms with E-state index in [4.69, 9.17) is 4.74 Å². The Bertz CT molecular complexity index is 655. The zero-order valence-electron chi connectivity index (χ0n) is 15.1. The second-order valence-electron chi connectivity index (χ2n) is 7.01. The smallest absolute Gasteiger partial charge is 0.329 e. The molecule has 1 aromatic carbocycles. The van der Waals surface area contributed by atoms with E-state index in [0.717, 1.165) is 4.90 Å². The normalized spacial score (nSPS) is 21.7. The SMILES string of the molecule is CCOC(=O)[C@@H]1CC(C)(C)C(=O)N1C(=O)[C@H](C)[C@@H](O)c1ccccc1. The van der Waals surface area contributed by atoms with E-state index in [1.807, 2.05) is 6.07 Å². The molecule has 1 aliphatic rings. The number of imide groups is 1. The van der Waals surface area contributed by atoms with Crippen LogP contribution in [0.25, 0.3) is 0 Å². The highest BCUT2D eigenvalue weighted by molar-refractivity contribution is 6.05. The highest BCUT2D eigenvalue weighted by Crippen LogP contribution is 2.38. The van der Waals surface area contributed by atoms with Crippen molar-refractivity contribution in [2.75, 3.05) is 6.61 Å². The lowest BCUT2D eigenvalue weighted by molar-refractivity contribution is -0.160. The molecule has 6 heteroatoms. The number of ether oxygens (including phenoxy) is 1. The van der Waals surface area contributed by atoms with Gasteiger partial charge in [0.15, 0.2) is 0 Å². The summed E-state index contributed by atoms with van der Waals surface area (Å²) in [6.45, 7) is 6.81. The van der Waals surface area contributed by atoms with Crippen LogP contribution in [0.1, 0.15) is 45.8 Å². The highest BCUT2D eigenvalue weighted by Gasteiger charge is 2.52. The van der Waals surface area contributed by atoms with Gasteiger partial charge in [-0.25, -0.2) is 4.79 Å². The van der Waals surface area contributed by atoms with Crippen molar-refractivity contribution in [1.29, 1.82) is 0 Å². The number of benzene rings is 1. The molecule has 136 valence electrons. The molecule has 0 unspecified atom stereocenters. The summed E-state index contributed by atoms with van der Waals surface area (Å²) < 4.78 is 5.03. The molecule has 1 aliphatic heterocycles. The lowest BCUT2D eigenvalue weighted by Crippen LogP contribution is -2.47. The first-order valence-electron chi connectivity index (χ1n) is 8.48. The summed E-state index contributed by atoms with van der Waals surface area (Å²) in [5.41, 5.74) is -0.244. The lowest BCUT2D eigenvalue weighted by Gasteiger charge is -2.27. The van der Waals surface area contributed by atoms with Gasteiger partial charge in [-0.05, 0) is 18.9 Å². The summed E-state index contributed by atoms with van der Waals surface area (Å²) in [7, 11) is 0. The maximum Gasteiger partial charge on any atom is 0.329 e. The van der Waals surface area contributed by atoms with Gasteiger partial charge in [-0.2, -0.15) is 0 Å². The van der Waals surface area contributed by atoms with Crippen LogP contribution in [0.15, 0.2) is 30.3 Å². The quantitative estimate of drug-likeness (QED) is 0.825. The predicted molar refractivity (Wildman–Crippen MR) is 91.2 cm³/mol. The third kappa shape index (κ3) is 3.74. The van der Waals surface area contributed by atoms with Crippen molar-refractivity contribution in [1.82, 2.24) is 4.90 Å². The molecule has 1 saturated heterocycles. The Balaban J connectivity index is 2.27. The van der Waals surface area contributed by atoms with Gasteiger partial charge in [0.25, 0.3) is 0 Å². The van der Waals surface area contributed by atoms with Crippen molar-refractivity contribution < 1.29 is 24.2 Å². The van der Waals surface area contributed by atoms with Gasteiger partial charge in [-0.3, -0.25) is 14.5 Å². The number of aliphatic hydroxyl groups excluding tert-OH is 1. The van der Waals surface area contributed by atoms with Gasteiger partial charge in [-0.15, -0.1) is 0 Å². The van der Waals surface area contributed by atoms with Crippen molar-refractivity contribution in [2.45, 2.75) is 46.3 Å². The molecule has 2 amide bonds. The van der Waals surface area contributed by atoms with Crippen LogP contribution in [0.2, 0.25) is 0 Å². The van der Waals surface area contributed by atoms with Crippen molar-refractivity contribution in [2.24, 2.45) is 11.3 Å². The number of hydrogen-bond acceptors (Lipinski definition) is 5. The largest absolute Gasteiger partial charge is 0.464 e. The van der Waals surface area contributed by atoms with E-state index in [2.05, 4.69) is 0 Å². The van der Waals surface area contributed by atoms with Crippen LogP contribution in [-0.2, 0) is 19.1 Å². The van der Waals surface area contributed by atoms with E-state index in [0.29, 0.717) is 5.56 Å². The van der Waals surface area contributed by atoms with Crippen LogP contribution in [-0.4, -0.2) is 40.4 Å². The van der Waals surface area contributed by atoms with E-state index >= 15 is 0 Å². The van der Waals surface area contributed by atoms with Crippen LogP contribution in [0.3, 0.4) is 0 Å². The Kier molecular flexibility index (Phi) is 5.62. The molecule has 0 saturated carbocycles. The molecule has 6 nitrogen and oxygen atoms in total. The number of amides is 2. The fourth-order valence-corrected chi connectivity index (χ4v) is 3.10. The van der Waals surface area contributed by atoms with Gasteiger partial charge < -0.3 is 9.84 Å². The van der Waals surface area contributed by atoms with E-state index in [1.54, 1.807) is 52.0 Å². The molecule has 0 aliphatic carbocycles. The molecule has 1 N–H and O–H groups in total. The number of nitrogens with zero attached hydrogens (tertiary/aromatic N) is 1. The van der Waals surface area contributed by atoms with Gasteiger partial charge in [0.1, 0.15) is 6.04 Å². The Morgan fingerprint density at radius 2 is 1.92 bits per heavy atom. The highest BCUT2D eigenvalue weighted by atomic mass is 16.5. The minimum absolute atomic E-state index is 0.175. The monoisotopic (exact) mass is 347 g/mol. The number of carbonyl (C=O) groups is 3. The Labute approximate surface area is 147 Å². The Morgan fingerprint density at radius 3 is 2.48 bits per heavy atom. The number of esters is 1. The second kappa shape index (κ2) is 7.35. The summed E-state index contributed by atoms with van der Waals surface area (Å²) in [5.74, 6) is -2.43. The summed E-state index contributed by atoms with van der Waals surface area (Å²) in [6, 6.07) is 7.83. The van der Waals surface area contributed by atoms with Crippen molar-refractivity contribution >= 4 is 17.8 Å². The standard InChI is InChI=1S/C19H25NO5/c1-5-25-17(23)14-11-19(3,4)18(24)20(14)16(22)12(2)15(21)13-9-7-6-8-10-13/h6-10,12,14-15,21H,5,11H2,1-4H3/t12-,14+,15-/m1/s1. The van der Waals surface area contributed by atoms with E-state index in [-0.39, 0.29) is 13.0 Å². The van der Waals surface area contributed by atoms with Gasteiger partial charge >= 0.3 is 5.97 Å². The molecule has 0 radical (unpaired) electrons. The molecule has 0 bridgehead atoms. The summed E-state index contributed by atoms with van der Waals surface area (Å²) in [6.07, 6.45) is -0.849. The predicted octanol–water partition coefficient (Wildman–Crippen LogP) is 2.07. The molecule has 1 aromatic rings. The first kappa shape index (κ1) is 19.1. The molecular formula is C19H25NO5. The molecule has 3 atom stereocenters. The molecule has 1 fully saturated rings. The van der Waals surface area contributed by atoms with Crippen molar-refractivity contribution in [3.8, 4) is 0 Å². The Hall–Kier alpha value is -2.21. The van der Waals surface area contributed by atoms with Crippen LogP contribution >= 0.6 is 0 Å². The maximum absolute atomic E-state index is 12.9. The first-order chi connectivity index (χ1) is 11.7. The molecule has 25 heavy (non-hydrogen) atoms. The first-order valence-corrected chi connectivity index (χ1v) is 8.48. The van der Waals surface area contributed by atoms with Crippen molar-refractivity contribution in [3.63, 3.8) is 0 Å². The fourth-order valence-electron chi connectivity index (χ4n) is 3.10. The fraction of sp³-hybridized carbons (Fsp3) is 0.526. The van der Waals surface area contributed by atoms with E-state index in [1.165, 1.54) is 0 Å². The van der Waals surface area contributed by atoms with E-state index < -0.39 is 41.3 Å². The Morgan fingerprint density at radius 1 is 1.32 bits per heavy atom. The van der Waals surface area contributed by atoms with E-state index in [9.17, 15) is 19.5 Å². The zero-order chi connectivity index (χ0) is 18.8. The lowest BCUT2D eigenvalue weighted by atomic mass is 9.90. The number of aliphatic hydroxyl groups is 1. The number of rotatable bonds is 5. The van der Waals surface area contributed by atoms with Crippen LogP contribution < -0.4 is 0 Å². The number of likely N-dealkylation sites (tertiary alicyclic amines) is 1. The average molecular weight is 347 g/mol. The third-order valence-corrected chi connectivity index (χ3v) is 4.61. The molecular weight excluding hydrogens is 322 g/mol. The van der Waals surface area contributed by atoms with Crippen molar-refractivity contribution in [3.05, 3.63) is 35.9 Å². The number of carbonyl (C=O) groups excluding carboxylic acids is 3. The van der Waals surface area contributed by atoms with Gasteiger partial charge in [0.05, 0.1) is 18.6 Å². The zero-order valence-corrected chi connectivity index (χ0v) is 15.1. The second-order valence-corrected chi connectivity index (χ2v) is 7.01. The minimum Gasteiger partial charge on any atom is -0.464 e. The van der Waals surface area contributed by atoms with Gasteiger partial charge in [0, 0.05) is 5.41 Å². The average Bonchev–Trinajstić information content (AvgIpc) is 2.84. The molecule has 2 rings (SSSR count). The third-order valence-electron chi connectivity index (χ3n) is 4.61.